The zero-order chi connectivity index (χ0) is 20.6. The number of hydrogen-bond donors (Lipinski definition) is 1. The summed E-state index contributed by atoms with van der Waals surface area (Å²) in [4.78, 5) is 12.0. The van der Waals surface area contributed by atoms with E-state index in [1.165, 1.54) is 0 Å². The van der Waals surface area contributed by atoms with Crippen LogP contribution in [0.2, 0.25) is 5.02 Å². The van der Waals surface area contributed by atoms with Gasteiger partial charge in [0.2, 0.25) is 0 Å². The molecule has 152 valence electrons. The average Bonchev–Trinajstić information content (AvgIpc) is 2.64. The predicted octanol–water partition coefficient (Wildman–Crippen LogP) is 5.38. The molecule has 0 aliphatic heterocycles. The summed E-state index contributed by atoms with van der Waals surface area (Å²) in [6.45, 7) is 9.46. The molecule has 0 radical (unpaired) electrons. The van der Waals surface area contributed by atoms with Gasteiger partial charge in [0.1, 0.15) is 18.0 Å². The Bertz CT molecular complexity index is 753. The second kappa shape index (κ2) is 10.5. The molecule has 1 N–H and O–H groups in total. The number of carbonyl (C=O) groups excluding carboxylic acids is 1. The monoisotopic (exact) mass is 403 g/mol. The van der Waals surface area contributed by atoms with Crippen LogP contribution < -0.4 is 10.1 Å². The molecule has 0 aliphatic rings. The summed E-state index contributed by atoms with van der Waals surface area (Å²) in [5, 5.41) is 4.11. The minimum absolute atomic E-state index is 0.136. The highest BCUT2D eigenvalue weighted by Crippen LogP contribution is 2.20. The summed E-state index contributed by atoms with van der Waals surface area (Å²) in [5.74, 6) is 0.564. The molecule has 28 heavy (non-hydrogen) atoms. The normalized spacial score (nSPS) is 12.5. The third-order valence-electron chi connectivity index (χ3n) is 4.16. The number of hydrogen-bond acceptors (Lipinski definition) is 4. The van der Waals surface area contributed by atoms with Gasteiger partial charge in [0.15, 0.2) is 0 Å². The van der Waals surface area contributed by atoms with Crippen LogP contribution in [0.15, 0.2) is 48.5 Å². The van der Waals surface area contributed by atoms with Gasteiger partial charge in [0, 0.05) is 17.1 Å². The van der Waals surface area contributed by atoms with Crippen molar-refractivity contribution in [1.82, 2.24) is 5.32 Å². The van der Waals surface area contributed by atoms with Crippen LogP contribution in [-0.4, -0.2) is 18.1 Å². The van der Waals surface area contributed by atoms with E-state index in [4.69, 9.17) is 21.1 Å². The van der Waals surface area contributed by atoms with Crippen molar-refractivity contribution in [3.8, 4) is 5.75 Å². The first-order valence-electron chi connectivity index (χ1n) is 9.63. The van der Waals surface area contributed by atoms with Crippen LogP contribution in [-0.2, 0) is 22.7 Å². The van der Waals surface area contributed by atoms with Gasteiger partial charge in [-0.3, -0.25) is 4.79 Å². The highest BCUT2D eigenvalue weighted by molar-refractivity contribution is 6.30. The molecular weight excluding hydrogens is 374 g/mol. The van der Waals surface area contributed by atoms with E-state index in [-0.39, 0.29) is 11.9 Å². The van der Waals surface area contributed by atoms with Crippen molar-refractivity contribution in [3.63, 3.8) is 0 Å². The Morgan fingerprint density at radius 1 is 1.11 bits per heavy atom. The zero-order valence-electron chi connectivity index (χ0n) is 17.1. The molecule has 4 nitrogen and oxygen atoms in total. The lowest BCUT2D eigenvalue weighted by Crippen LogP contribution is -2.29. The van der Waals surface area contributed by atoms with Crippen molar-refractivity contribution in [2.75, 3.05) is 6.54 Å². The molecule has 0 saturated carbocycles. The summed E-state index contributed by atoms with van der Waals surface area (Å²) in [7, 11) is 0. The second-order valence-electron chi connectivity index (χ2n) is 7.92. The molecule has 2 aromatic carbocycles. The molecule has 2 rings (SSSR count). The molecule has 0 aliphatic carbocycles. The fourth-order valence-corrected chi connectivity index (χ4v) is 2.72. The lowest BCUT2D eigenvalue weighted by Gasteiger charge is -2.22. The minimum Gasteiger partial charge on any atom is -0.489 e. The Morgan fingerprint density at radius 3 is 2.46 bits per heavy atom. The molecule has 0 fully saturated rings. The SMILES string of the molecule is C[C@@H](CCNCc1ccccc1OCc1ccc(Cl)cc1)C(=O)OC(C)(C)C. The maximum Gasteiger partial charge on any atom is 0.309 e. The van der Waals surface area contributed by atoms with Crippen LogP contribution in [0.5, 0.6) is 5.75 Å². The van der Waals surface area contributed by atoms with Crippen molar-refractivity contribution < 1.29 is 14.3 Å². The average molecular weight is 404 g/mol. The first-order valence-corrected chi connectivity index (χ1v) is 10.0. The highest BCUT2D eigenvalue weighted by Gasteiger charge is 2.21. The minimum atomic E-state index is -0.445. The topological polar surface area (TPSA) is 47.6 Å². The van der Waals surface area contributed by atoms with Crippen LogP contribution in [0, 0.1) is 5.92 Å². The first-order chi connectivity index (χ1) is 13.2. The molecule has 0 saturated heterocycles. The number of nitrogens with one attached hydrogen (secondary N) is 1. The molecule has 0 heterocycles. The largest absolute Gasteiger partial charge is 0.489 e. The standard InChI is InChI=1S/C23H30ClNO3/c1-17(22(26)28-23(2,3)4)13-14-25-15-19-7-5-6-8-21(19)27-16-18-9-11-20(24)12-10-18/h5-12,17,25H,13-16H2,1-4H3/t17-/m0/s1. The van der Waals surface area contributed by atoms with E-state index in [0.29, 0.717) is 18.2 Å². The van der Waals surface area contributed by atoms with Gasteiger partial charge in [-0.15, -0.1) is 0 Å². The smallest absolute Gasteiger partial charge is 0.309 e. The first kappa shape index (κ1) is 22.3. The zero-order valence-corrected chi connectivity index (χ0v) is 17.9. The second-order valence-corrected chi connectivity index (χ2v) is 8.36. The van der Waals surface area contributed by atoms with E-state index in [2.05, 4.69) is 5.32 Å². The Kier molecular flexibility index (Phi) is 8.34. The van der Waals surface area contributed by atoms with E-state index >= 15 is 0 Å². The van der Waals surface area contributed by atoms with Gasteiger partial charge in [-0.2, -0.15) is 0 Å². The van der Waals surface area contributed by atoms with E-state index in [1.807, 2.05) is 76.2 Å². The van der Waals surface area contributed by atoms with Gasteiger partial charge in [-0.25, -0.2) is 0 Å². The number of esters is 1. The molecule has 2 aromatic rings. The van der Waals surface area contributed by atoms with Crippen LogP contribution >= 0.6 is 11.6 Å². The van der Waals surface area contributed by atoms with E-state index < -0.39 is 5.60 Å². The number of carbonyl (C=O) groups is 1. The quantitative estimate of drug-likeness (QED) is 0.451. The maximum atomic E-state index is 12.0. The highest BCUT2D eigenvalue weighted by atomic mass is 35.5. The van der Waals surface area contributed by atoms with Crippen LogP contribution in [0.4, 0.5) is 0 Å². The van der Waals surface area contributed by atoms with Gasteiger partial charge in [-0.1, -0.05) is 48.9 Å². The molecule has 0 spiro atoms. The van der Waals surface area contributed by atoms with Crippen molar-refractivity contribution in [3.05, 3.63) is 64.7 Å². The molecule has 0 bridgehead atoms. The molecule has 5 heteroatoms. The van der Waals surface area contributed by atoms with Gasteiger partial charge in [0.05, 0.1) is 5.92 Å². The van der Waals surface area contributed by atoms with Crippen LogP contribution in [0.3, 0.4) is 0 Å². The number of benzene rings is 2. The van der Waals surface area contributed by atoms with E-state index in [9.17, 15) is 4.79 Å². The molecule has 0 aromatic heterocycles. The summed E-state index contributed by atoms with van der Waals surface area (Å²) in [6, 6.07) is 15.6. The fourth-order valence-electron chi connectivity index (χ4n) is 2.59. The van der Waals surface area contributed by atoms with Gasteiger partial charge < -0.3 is 14.8 Å². The van der Waals surface area contributed by atoms with Crippen molar-refractivity contribution in [2.24, 2.45) is 5.92 Å². The molecular formula is C23H30ClNO3. The molecule has 1 atom stereocenters. The van der Waals surface area contributed by atoms with Gasteiger partial charge in [-0.05, 0) is 57.5 Å². The van der Waals surface area contributed by atoms with Gasteiger partial charge in [0.25, 0.3) is 0 Å². The van der Waals surface area contributed by atoms with E-state index in [0.717, 1.165) is 29.8 Å². The van der Waals surface area contributed by atoms with Crippen LogP contribution in [0.25, 0.3) is 0 Å². The predicted molar refractivity (Wildman–Crippen MR) is 114 cm³/mol. The fraction of sp³-hybridized carbons (Fsp3) is 0.435. The lowest BCUT2D eigenvalue weighted by molar-refractivity contribution is -0.159. The number of halogens is 1. The van der Waals surface area contributed by atoms with Crippen molar-refractivity contribution in [2.45, 2.75) is 52.9 Å². The molecule has 0 unspecified atom stereocenters. The maximum absolute atomic E-state index is 12.0. The summed E-state index contributed by atoms with van der Waals surface area (Å²) in [6.07, 6.45) is 0.725. The van der Waals surface area contributed by atoms with E-state index in [1.54, 1.807) is 0 Å². The third-order valence-corrected chi connectivity index (χ3v) is 4.41. The third kappa shape index (κ3) is 7.91. The van der Waals surface area contributed by atoms with Crippen LogP contribution in [0.1, 0.15) is 45.2 Å². The number of rotatable bonds is 9. The molecule has 0 amide bonds. The Labute approximate surface area is 173 Å². The number of ether oxygens (including phenoxy) is 2. The Balaban J connectivity index is 1.79. The van der Waals surface area contributed by atoms with Crippen molar-refractivity contribution >= 4 is 17.6 Å². The summed E-state index contributed by atoms with van der Waals surface area (Å²) < 4.78 is 11.4. The summed E-state index contributed by atoms with van der Waals surface area (Å²) >= 11 is 5.92. The van der Waals surface area contributed by atoms with Crippen molar-refractivity contribution in [1.29, 1.82) is 0 Å². The lowest BCUT2D eigenvalue weighted by atomic mass is 10.1. The van der Waals surface area contributed by atoms with Gasteiger partial charge >= 0.3 is 5.97 Å². The number of para-hydroxylation sites is 1. The Morgan fingerprint density at radius 2 is 1.79 bits per heavy atom. The Hall–Kier alpha value is -2.04. The summed E-state index contributed by atoms with van der Waals surface area (Å²) in [5.41, 5.74) is 1.71.